The second kappa shape index (κ2) is 8.38. The predicted molar refractivity (Wildman–Crippen MR) is 114 cm³/mol. The van der Waals surface area contributed by atoms with Crippen molar-refractivity contribution in [2.75, 3.05) is 39.5 Å². The molecule has 1 unspecified atom stereocenters. The first-order valence-electron chi connectivity index (χ1n) is 11.3. The Kier molecular flexibility index (Phi) is 5.62. The Morgan fingerprint density at radius 3 is 2.57 bits per heavy atom. The van der Waals surface area contributed by atoms with Gasteiger partial charge in [0.25, 0.3) is 5.56 Å². The van der Waals surface area contributed by atoms with Crippen LogP contribution in [-0.4, -0.2) is 64.7 Å². The van der Waals surface area contributed by atoms with E-state index in [9.17, 15) is 9.90 Å². The summed E-state index contributed by atoms with van der Waals surface area (Å²) in [5.41, 5.74) is -0.193. The Morgan fingerprint density at radius 1 is 1.07 bits per heavy atom. The van der Waals surface area contributed by atoms with E-state index in [1.54, 1.807) is 0 Å². The summed E-state index contributed by atoms with van der Waals surface area (Å²) in [5.74, 6) is 0.863. The fourth-order valence-electron chi connectivity index (χ4n) is 5.37. The van der Waals surface area contributed by atoms with Crippen LogP contribution >= 0.6 is 0 Å². The SMILES string of the molecule is O=c1c2ccccc2nc(C2CCCN2CC2(O)COCCOC2)n1C1CCCC1. The van der Waals surface area contributed by atoms with Crippen molar-refractivity contribution in [3.8, 4) is 0 Å². The molecule has 7 nitrogen and oxygen atoms in total. The quantitative estimate of drug-likeness (QED) is 0.830. The van der Waals surface area contributed by atoms with Gasteiger partial charge in [-0.05, 0) is 44.4 Å². The summed E-state index contributed by atoms with van der Waals surface area (Å²) in [6.45, 7) is 2.91. The Hall–Kier alpha value is -1.80. The van der Waals surface area contributed by atoms with Gasteiger partial charge in [-0.1, -0.05) is 25.0 Å². The molecule has 3 aliphatic rings. The molecule has 2 saturated heterocycles. The van der Waals surface area contributed by atoms with Crippen molar-refractivity contribution < 1.29 is 14.6 Å². The lowest BCUT2D eigenvalue weighted by Crippen LogP contribution is -2.49. The van der Waals surface area contributed by atoms with Crippen LogP contribution in [0.15, 0.2) is 29.1 Å². The maximum Gasteiger partial charge on any atom is 0.261 e. The molecule has 7 heteroatoms. The van der Waals surface area contributed by atoms with Crippen molar-refractivity contribution in [3.63, 3.8) is 0 Å². The Labute approximate surface area is 176 Å². The van der Waals surface area contributed by atoms with Crippen LogP contribution < -0.4 is 5.56 Å². The molecule has 5 rings (SSSR count). The number of β-amino-alcohol motifs (C(OH)–C–C–N with tert-alkyl or cyclic N) is 1. The van der Waals surface area contributed by atoms with E-state index in [0.29, 0.717) is 25.1 Å². The lowest BCUT2D eigenvalue weighted by atomic mass is 10.0. The van der Waals surface area contributed by atoms with Gasteiger partial charge in [0.1, 0.15) is 11.4 Å². The number of rotatable bonds is 4. The fourth-order valence-corrected chi connectivity index (χ4v) is 5.37. The van der Waals surface area contributed by atoms with Crippen molar-refractivity contribution >= 4 is 10.9 Å². The number of nitrogens with zero attached hydrogens (tertiary/aromatic N) is 3. The molecular formula is C23H31N3O4. The van der Waals surface area contributed by atoms with E-state index in [1.165, 1.54) is 0 Å². The number of hydrogen-bond donors (Lipinski definition) is 1. The molecule has 1 atom stereocenters. The van der Waals surface area contributed by atoms with Gasteiger partial charge in [-0.15, -0.1) is 0 Å². The highest BCUT2D eigenvalue weighted by Crippen LogP contribution is 2.36. The van der Waals surface area contributed by atoms with E-state index in [2.05, 4.69) is 4.90 Å². The molecule has 30 heavy (non-hydrogen) atoms. The van der Waals surface area contributed by atoms with Crippen LogP contribution in [0.5, 0.6) is 0 Å². The summed E-state index contributed by atoms with van der Waals surface area (Å²) in [6.07, 6.45) is 6.35. The Morgan fingerprint density at radius 2 is 1.80 bits per heavy atom. The average Bonchev–Trinajstić information content (AvgIpc) is 3.38. The van der Waals surface area contributed by atoms with Crippen LogP contribution in [0.1, 0.15) is 56.4 Å². The second-order valence-corrected chi connectivity index (χ2v) is 9.06. The van der Waals surface area contributed by atoms with Crippen molar-refractivity contribution in [1.82, 2.24) is 14.5 Å². The summed E-state index contributed by atoms with van der Waals surface area (Å²) in [5, 5.41) is 11.8. The molecule has 0 spiro atoms. The van der Waals surface area contributed by atoms with Gasteiger partial charge in [0, 0.05) is 12.6 Å². The highest BCUT2D eigenvalue weighted by Gasteiger charge is 2.39. The number of aromatic nitrogens is 2. The number of hydrogen-bond acceptors (Lipinski definition) is 6. The molecule has 1 aliphatic carbocycles. The van der Waals surface area contributed by atoms with Crippen molar-refractivity contribution in [3.05, 3.63) is 40.4 Å². The number of likely N-dealkylation sites (tertiary alicyclic amines) is 1. The van der Waals surface area contributed by atoms with Gasteiger partial charge < -0.3 is 14.6 Å². The topological polar surface area (TPSA) is 76.8 Å². The van der Waals surface area contributed by atoms with Gasteiger partial charge in [0.15, 0.2) is 0 Å². The van der Waals surface area contributed by atoms with Crippen molar-refractivity contribution in [1.29, 1.82) is 0 Å². The minimum atomic E-state index is -1.03. The van der Waals surface area contributed by atoms with Crippen LogP contribution in [-0.2, 0) is 9.47 Å². The molecular weight excluding hydrogens is 382 g/mol. The zero-order valence-corrected chi connectivity index (χ0v) is 17.5. The van der Waals surface area contributed by atoms with Crippen molar-refractivity contribution in [2.24, 2.45) is 0 Å². The molecule has 3 fully saturated rings. The zero-order valence-electron chi connectivity index (χ0n) is 17.5. The van der Waals surface area contributed by atoms with Crippen LogP contribution in [0.3, 0.4) is 0 Å². The smallest absolute Gasteiger partial charge is 0.261 e. The fraction of sp³-hybridized carbons (Fsp3) is 0.652. The lowest BCUT2D eigenvalue weighted by Gasteiger charge is -2.34. The number of aliphatic hydroxyl groups is 1. The van der Waals surface area contributed by atoms with Crippen LogP contribution in [0.2, 0.25) is 0 Å². The van der Waals surface area contributed by atoms with Gasteiger partial charge in [0.05, 0.1) is 43.4 Å². The van der Waals surface area contributed by atoms with Gasteiger partial charge in [-0.2, -0.15) is 0 Å². The van der Waals surface area contributed by atoms with Gasteiger partial charge in [-0.25, -0.2) is 4.98 Å². The molecule has 2 aromatic rings. The third kappa shape index (κ3) is 3.80. The summed E-state index contributed by atoms with van der Waals surface area (Å²) >= 11 is 0. The largest absolute Gasteiger partial charge is 0.384 e. The van der Waals surface area contributed by atoms with E-state index in [4.69, 9.17) is 14.5 Å². The standard InChI is InChI=1S/C23H31N3O4/c27-22-18-8-3-4-9-19(18)24-21(26(22)17-6-1-2-7-17)20-10-5-11-25(20)14-23(28)15-29-12-13-30-16-23/h3-4,8-9,17,20,28H,1-2,5-7,10-16H2. The average molecular weight is 414 g/mol. The first-order valence-corrected chi connectivity index (χ1v) is 11.3. The minimum absolute atomic E-state index is 0.0233. The molecule has 1 aromatic heterocycles. The highest BCUT2D eigenvalue weighted by atomic mass is 16.6. The number of fused-ring (bicyclic) bond motifs is 1. The van der Waals surface area contributed by atoms with Crippen LogP contribution in [0.25, 0.3) is 10.9 Å². The maximum absolute atomic E-state index is 13.5. The molecule has 1 aromatic carbocycles. The van der Waals surface area contributed by atoms with Gasteiger partial charge in [0.2, 0.25) is 0 Å². The van der Waals surface area contributed by atoms with Gasteiger partial charge in [-0.3, -0.25) is 14.3 Å². The Balaban J connectivity index is 1.53. The molecule has 0 amide bonds. The number of para-hydroxylation sites is 1. The number of ether oxygens (including phenoxy) is 2. The van der Waals surface area contributed by atoms with E-state index in [1.807, 2.05) is 28.8 Å². The molecule has 0 radical (unpaired) electrons. The summed E-state index contributed by atoms with van der Waals surface area (Å²) in [6, 6.07) is 7.91. The third-order valence-corrected chi connectivity index (χ3v) is 6.80. The number of benzene rings is 1. The minimum Gasteiger partial charge on any atom is -0.384 e. The molecule has 162 valence electrons. The summed E-state index contributed by atoms with van der Waals surface area (Å²) < 4.78 is 13.1. The predicted octanol–water partition coefficient (Wildman–Crippen LogP) is 2.43. The molecule has 1 N–H and O–H groups in total. The summed E-state index contributed by atoms with van der Waals surface area (Å²) in [4.78, 5) is 20.8. The maximum atomic E-state index is 13.5. The Bertz CT molecular complexity index is 945. The highest BCUT2D eigenvalue weighted by molar-refractivity contribution is 5.77. The van der Waals surface area contributed by atoms with Crippen LogP contribution in [0.4, 0.5) is 0 Å². The molecule has 2 aliphatic heterocycles. The lowest BCUT2D eigenvalue weighted by molar-refractivity contribution is -0.0767. The summed E-state index contributed by atoms with van der Waals surface area (Å²) in [7, 11) is 0. The molecule has 3 heterocycles. The van der Waals surface area contributed by atoms with E-state index >= 15 is 0 Å². The monoisotopic (exact) mass is 413 g/mol. The zero-order chi connectivity index (χ0) is 20.6. The first-order chi connectivity index (χ1) is 14.6. The first kappa shape index (κ1) is 20.1. The van der Waals surface area contributed by atoms with E-state index < -0.39 is 5.60 Å². The van der Waals surface area contributed by atoms with E-state index in [-0.39, 0.29) is 30.9 Å². The molecule has 1 saturated carbocycles. The van der Waals surface area contributed by atoms with Crippen molar-refractivity contribution in [2.45, 2.75) is 56.2 Å². The van der Waals surface area contributed by atoms with Gasteiger partial charge >= 0.3 is 0 Å². The normalized spacial score (nSPS) is 25.7. The van der Waals surface area contributed by atoms with Crippen LogP contribution in [0, 0.1) is 0 Å². The second-order valence-electron chi connectivity index (χ2n) is 9.06. The molecule has 0 bridgehead atoms. The van der Waals surface area contributed by atoms with E-state index in [0.717, 1.165) is 56.4 Å². The third-order valence-electron chi connectivity index (χ3n) is 6.80.